The van der Waals surface area contributed by atoms with E-state index in [2.05, 4.69) is 10.3 Å². The summed E-state index contributed by atoms with van der Waals surface area (Å²) in [6.45, 7) is 2.00. The lowest BCUT2D eigenvalue weighted by molar-refractivity contribution is -0.121. The fourth-order valence-electron chi connectivity index (χ4n) is 4.12. The normalized spacial score (nSPS) is 19.3. The van der Waals surface area contributed by atoms with Crippen molar-refractivity contribution >= 4 is 40.1 Å². The van der Waals surface area contributed by atoms with Crippen LogP contribution in [0.5, 0.6) is 0 Å². The van der Waals surface area contributed by atoms with Crippen LogP contribution in [0.2, 0.25) is 0 Å². The van der Waals surface area contributed by atoms with Crippen LogP contribution in [-0.4, -0.2) is 33.0 Å². The number of amides is 2. The molecule has 5 rings (SSSR count). The maximum Gasteiger partial charge on any atom is 0.262 e. The van der Waals surface area contributed by atoms with Gasteiger partial charge in [-0.05, 0) is 42.3 Å². The number of para-hydroxylation sites is 1. The zero-order valence-corrected chi connectivity index (χ0v) is 20.1. The molecule has 2 heterocycles. The van der Waals surface area contributed by atoms with E-state index in [1.165, 1.54) is 30.3 Å². The Morgan fingerprint density at radius 1 is 1.08 bits per heavy atom. The molecule has 3 aromatic carbocycles. The molecule has 36 heavy (non-hydrogen) atoms. The fourth-order valence-corrected chi connectivity index (χ4v) is 5.18. The molecule has 2 aliphatic rings. The highest BCUT2D eigenvalue weighted by atomic mass is 32.2. The number of thioether (sulfide) groups is 1. The number of anilines is 1. The molecule has 0 fully saturated rings. The minimum absolute atomic E-state index is 0.0529. The van der Waals surface area contributed by atoms with Crippen LogP contribution >= 0.6 is 11.8 Å². The minimum Gasteiger partial charge on any atom is -0.324 e. The number of nitrogens with zero attached hydrogens (tertiary/aromatic N) is 3. The molecule has 2 amide bonds. The summed E-state index contributed by atoms with van der Waals surface area (Å²) < 4.78 is 27.9. The Balaban J connectivity index is 1.36. The second-order valence-corrected chi connectivity index (χ2v) is 9.77. The smallest absolute Gasteiger partial charge is 0.262 e. The Hall–Kier alpha value is -3.85. The number of nitrogens with one attached hydrogen (secondary N) is 1. The first-order valence-corrected chi connectivity index (χ1v) is 12.3. The molecule has 2 aliphatic heterocycles. The first-order valence-electron chi connectivity index (χ1n) is 11.4. The van der Waals surface area contributed by atoms with E-state index in [4.69, 9.17) is 5.10 Å². The molecule has 0 aromatic heterocycles. The molecule has 0 unspecified atom stereocenters. The van der Waals surface area contributed by atoms with Gasteiger partial charge in [-0.2, -0.15) is 10.1 Å². The van der Waals surface area contributed by atoms with Gasteiger partial charge in [0.25, 0.3) is 5.91 Å². The van der Waals surface area contributed by atoms with Gasteiger partial charge in [0.15, 0.2) is 5.17 Å². The van der Waals surface area contributed by atoms with Gasteiger partial charge in [-0.3, -0.25) is 9.59 Å². The van der Waals surface area contributed by atoms with Gasteiger partial charge in [0.2, 0.25) is 5.91 Å². The lowest BCUT2D eigenvalue weighted by atomic mass is 9.98. The summed E-state index contributed by atoms with van der Waals surface area (Å²) in [5.74, 6) is -1.87. The number of carbonyl (C=O) groups excluding carboxylic acids is 2. The second-order valence-electron chi connectivity index (χ2n) is 8.60. The molecule has 2 atom stereocenters. The molecule has 0 spiro atoms. The van der Waals surface area contributed by atoms with E-state index in [1.54, 1.807) is 17.1 Å². The van der Waals surface area contributed by atoms with Crippen LogP contribution in [0, 0.1) is 18.6 Å². The summed E-state index contributed by atoms with van der Waals surface area (Å²) in [6.07, 6.45) is 0.330. The average Bonchev–Trinajstić information content (AvgIpc) is 3.45. The monoisotopic (exact) mass is 504 g/mol. The maximum absolute atomic E-state index is 14.0. The zero-order chi connectivity index (χ0) is 25.2. The number of benzene rings is 3. The average molecular weight is 505 g/mol. The van der Waals surface area contributed by atoms with E-state index in [-0.39, 0.29) is 24.0 Å². The molecule has 0 saturated heterocycles. The van der Waals surface area contributed by atoms with Crippen molar-refractivity contribution in [3.05, 3.63) is 101 Å². The summed E-state index contributed by atoms with van der Waals surface area (Å²) in [7, 11) is 0. The molecular formula is C27H22F2N4O2S. The first kappa shape index (κ1) is 23.9. The van der Waals surface area contributed by atoms with E-state index >= 15 is 0 Å². The van der Waals surface area contributed by atoms with Crippen molar-refractivity contribution in [1.82, 2.24) is 5.01 Å². The van der Waals surface area contributed by atoms with E-state index in [9.17, 15) is 18.4 Å². The van der Waals surface area contributed by atoms with Crippen LogP contribution in [0.25, 0.3) is 0 Å². The highest BCUT2D eigenvalue weighted by molar-refractivity contribution is 8.15. The van der Waals surface area contributed by atoms with Gasteiger partial charge in [0, 0.05) is 12.8 Å². The molecule has 0 aliphatic carbocycles. The van der Waals surface area contributed by atoms with Crippen molar-refractivity contribution in [1.29, 1.82) is 0 Å². The number of halogens is 2. The molecule has 0 saturated carbocycles. The number of amidine groups is 1. The molecule has 0 radical (unpaired) electrons. The second kappa shape index (κ2) is 10.0. The van der Waals surface area contributed by atoms with Crippen LogP contribution in [-0.2, 0) is 9.59 Å². The van der Waals surface area contributed by atoms with Gasteiger partial charge >= 0.3 is 0 Å². The van der Waals surface area contributed by atoms with Gasteiger partial charge in [-0.15, -0.1) is 0 Å². The third kappa shape index (κ3) is 5.06. The number of aliphatic imine (C=N–C) groups is 1. The summed E-state index contributed by atoms with van der Waals surface area (Å²) in [6, 6.07) is 19.7. The largest absolute Gasteiger partial charge is 0.324 e. The number of hydrogen-bond donors (Lipinski definition) is 1. The topological polar surface area (TPSA) is 74.1 Å². The van der Waals surface area contributed by atoms with Crippen LogP contribution in [0.3, 0.4) is 0 Å². The first-order chi connectivity index (χ1) is 17.4. The maximum atomic E-state index is 14.0. The van der Waals surface area contributed by atoms with Gasteiger partial charge in [0.05, 0.1) is 17.4 Å². The third-order valence-corrected chi connectivity index (χ3v) is 7.11. The van der Waals surface area contributed by atoms with Crippen molar-refractivity contribution in [3.8, 4) is 0 Å². The van der Waals surface area contributed by atoms with E-state index in [0.29, 0.717) is 17.2 Å². The SMILES string of the molecule is Cc1ccc(C2=NN(C3=NC(=O)[C@H](CC(=O)Nc4ccccc4F)S3)[C@@H](c3cccc(F)c3)C2)cc1. The molecular weight excluding hydrogens is 482 g/mol. The molecule has 9 heteroatoms. The van der Waals surface area contributed by atoms with Gasteiger partial charge in [-0.1, -0.05) is 65.9 Å². The molecule has 1 N–H and O–H groups in total. The number of hydrazone groups is 1. The Kier molecular flexibility index (Phi) is 6.65. The molecule has 6 nitrogen and oxygen atoms in total. The Morgan fingerprint density at radius 2 is 1.86 bits per heavy atom. The quantitative estimate of drug-likeness (QED) is 0.501. The summed E-state index contributed by atoms with van der Waals surface area (Å²) in [5.41, 5.74) is 3.60. The lowest BCUT2D eigenvalue weighted by Crippen LogP contribution is -2.25. The predicted octanol–water partition coefficient (Wildman–Crippen LogP) is 5.45. The predicted molar refractivity (Wildman–Crippen MR) is 137 cm³/mol. The molecule has 182 valence electrons. The van der Waals surface area contributed by atoms with Gasteiger partial charge in [-0.25, -0.2) is 13.8 Å². The van der Waals surface area contributed by atoms with Crippen molar-refractivity contribution < 1.29 is 18.4 Å². The Morgan fingerprint density at radius 3 is 2.61 bits per heavy atom. The van der Waals surface area contributed by atoms with E-state index in [1.807, 2.05) is 37.3 Å². The van der Waals surface area contributed by atoms with Gasteiger partial charge < -0.3 is 5.32 Å². The van der Waals surface area contributed by atoms with Crippen LogP contribution in [0.4, 0.5) is 14.5 Å². The van der Waals surface area contributed by atoms with Crippen molar-refractivity contribution in [2.45, 2.75) is 31.1 Å². The van der Waals surface area contributed by atoms with Gasteiger partial charge in [0.1, 0.15) is 16.9 Å². The van der Waals surface area contributed by atoms with Crippen LogP contribution in [0.1, 0.15) is 35.6 Å². The molecule has 3 aromatic rings. The number of hydrogen-bond acceptors (Lipinski definition) is 5. The lowest BCUT2D eigenvalue weighted by Gasteiger charge is -2.23. The standard InChI is InChI=1S/C27H22F2N4O2S/c1-16-9-11-17(12-10-16)22-14-23(18-5-4-6-19(28)13-18)33(32-22)27-31-26(35)24(36-27)15-25(34)30-21-8-3-2-7-20(21)29/h2-13,23-24H,14-15H2,1H3,(H,30,34)/t23-,24+/m1/s1. The van der Waals surface area contributed by atoms with Crippen LogP contribution in [0.15, 0.2) is 82.9 Å². The number of rotatable bonds is 5. The number of carbonyl (C=O) groups is 2. The van der Waals surface area contributed by atoms with E-state index in [0.717, 1.165) is 28.6 Å². The van der Waals surface area contributed by atoms with Crippen LogP contribution < -0.4 is 5.32 Å². The summed E-state index contributed by atoms with van der Waals surface area (Å²) >= 11 is 1.13. The fraction of sp³-hybridized carbons (Fsp3) is 0.185. The summed E-state index contributed by atoms with van der Waals surface area (Å²) in [4.78, 5) is 29.4. The summed E-state index contributed by atoms with van der Waals surface area (Å²) in [5, 5.41) is 8.48. The zero-order valence-electron chi connectivity index (χ0n) is 19.3. The highest BCUT2D eigenvalue weighted by Gasteiger charge is 2.39. The highest BCUT2D eigenvalue weighted by Crippen LogP contribution is 2.38. The Labute approximate surface area is 211 Å². The van der Waals surface area contributed by atoms with Crippen molar-refractivity contribution in [3.63, 3.8) is 0 Å². The minimum atomic E-state index is -0.765. The van der Waals surface area contributed by atoms with Crippen molar-refractivity contribution in [2.24, 2.45) is 10.1 Å². The van der Waals surface area contributed by atoms with Crippen molar-refractivity contribution in [2.75, 3.05) is 5.32 Å². The third-order valence-electron chi connectivity index (χ3n) is 5.97. The number of aryl methyl sites for hydroxylation is 1. The Bertz CT molecular complexity index is 1390. The molecule has 0 bridgehead atoms. The van der Waals surface area contributed by atoms with E-state index < -0.39 is 22.9 Å².